The van der Waals surface area contributed by atoms with E-state index in [0.29, 0.717) is 20.2 Å². The van der Waals surface area contributed by atoms with Gasteiger partial charge in [0.2, 0.25) is 0 Å². The monoisotopic (exact) mass is 434 g/mol. The van der Waals surface area contributed by atoms with Crippen molar-refractivity contribution < 1.29 is 9.90 Å². The van der Waals surface area contributed by atoms with Gasteiger partial charge in [-0.15, -0.1) is 0 Å². The third-order valence-electron chi connectivity index (χ3n) is 3.02. The number of nitrogens with one attached hydrogen (secondary N) is 1. The second-order valence-electron chi connectivity index (χ2n) is 4.82. The molecule has 0 fully saturated rings. The number of anilines is 1. The van der Waals surface area contributed by atoms with Crippen molar-refractivity contribution in [1.29, 1.82) is 5.26 Å². The first-order valence-electron chi connectivity index (χ1n) is 6.58. The van der Waals surface area contributed by atoms with Crippen molar-refractivity contribution in [3.8, 4) is 11.8 Å². The molecule has 23 heavy (non-hydrogen) atoms. The average molecular weight is 436 g/mol. The first kappa shape index (κ1) is 17.3. The molecule has 0 aliphatic heterocycles. The predicted octanol–water partition coefficient (Wildman–Crippen LogP) is 4.77. The highest BCUT2D eigenvalue weighted by Crippen LogP contribution is 2.34. The number of phenolic OH excluding ortho intramolecular Hbond substituents is 1. The Bertz CT molecular complexity index is 798. The van der Waals surface area contributed by atoms with E-state index < -0.39 is 5.91 Å². The van der Waals surface area contributed by atoms with Crippen LogP contribution < -0.4 is 5.32 Å². The summed E-state index contributed by atoms with van der Waals surface area (Å²) in [5.41, 5.74) is 2.28. The van der Waals surface area contributed by atoms with E-state index >= 15 is 0 Å². The first-order valence-corrected chi connectivity index (χ1v) is 8.17. The minimum atomic E-state index is -0.489. The molecule has 0 radical (unpaired) electrons. The van der Waals surface area contributed by atoms with E-state index in [0.717, 1.165) is 5.56 Å². The number of amides is 1. The highest BCUT2D eigenvalue weighted by Gasteiger charge is 2.11. The van der Waals surface area contributed by atoms with E-state index in [9.17, 15) is 15.2 Å². The van der Waals surface area contributed by atoms with Gasteiger partial charge in [0, 0.05) is 5.69 Å². The minimum absolute atomic E-state index is 0.0323. The average Bonchev–Trinajstić information content (AvgIpc) is 2.52. The summed E-state index contributed by atoms with van der Waals surface area (Å²) in [7, 11) is 0. The quantitative estimate of drug-likeness (QED) is 0.538. The number of halogens is 2. The van der Waals surface area contributed by atoms with E-state index in [1.165, 1.54) is 6.08 Å². The predicted molar refractivity (Wildman–Crippen MR) is 96.9 cm³/mol. The Balaban J connectivity index is 2.26. The Morgan fingerprint density at radius 2 is 1.78 bits per heavy atom. The third kappa shape index (κ3) is 4.44. The second-order valence-corrected chi connectivity index (χ2v) is 6.53. The molecule has 0 bridgehead atoms. The SMILES string of the molecule is Cc1ccc(NC(=O)C(C#N)=Cc2cc(Br)c(O)c(Br)c2)cc1. The molecule has 0 atom stereocenters. The fraction of sp³-hybridized carbons (Fsp3) is 0.0588. The Hall–Kier alpha value is -2.10. The molecule has 0 aromatic heterocycles. The molecule has 2 aromatic carbocycles. The summed E-state index contributed by atoms with van der Waals surface area (Å²) in [6.45, 7) is 1.95. The molecule has 0 spiro atoms. The zero-order chi connectivity index (χ0) is 17.0. The summed E-state index contributed by atoms with van der Waals surface area (Å²) in [6.07, 6.45) is 1.46. The molecule has 0 saturated carbocycles. The number of nitrogens with zero attached hydrogens (tertiary/aromatic N) is 1. The fourth-order valence-corrected chi connectivity index (χ4v) is 3.04. The van der Waals surface area contributed by atoms with Crippen molar-refractivity contribution in [2.24, 2.45) is 0 Å². The maximum Gasteiger partial charge on any atom is 0.266 e. The summed E-state index contributed by atoms with van der Waals surface area (Å²) in [4.78, 5) is 12.2. The number of aromatic hydroxyl groups is 1. The second kappa shape index (κ2) is 7.44. The number of benzene rings is 2. The number of aryl methyl sites for hydroxylation is 1. The molecular formula is C17H12Br2N2O2. The Morgan fingerprint density at radius 3 is 2.30 bits per heavy atom. The third-order valence-corrected chi connectivity index (χ3v) is 4.23. The smallest absolute Gasteiger partial charge is 0.266 e. The van der Waals surface area contributed by atoms with Gasteiger partial charge in [-0.05, 0) is 74.7 Å². The van der Waals surface area contributed by atoms with Crippen molar-refractivity contribution in [3.63, 3.8) is 0 Å². The van der Waals surface area contributed by atoms with Gasteiger partial charge >= 0.3 is 0 Å². The van der Waals surface area contributed by atoms with Crippen molar-refractivity contribution >= 4 is 49.5 Å². The summed E-state index contributed by atoms with van der Waals surface area (Å²) < 4.78 is 0.934. The van der Waals surface area contributed by atoms with Crippen molar-refractivity contribution in [2.75, 3.05) is 5.32 Å². The normalized spacial score (nSPS) is 11.0. The number of phenols is 1. The molecule has 2 N–H and O–H groups in total. The zero-order valence-corrected chi connectivity index (χ0v) is 15.3. The van der Waals surface area contributed by atoms with E-state index in [1.807, 2.05) is 25.1 Å². The lowest BCUT2D eigenvalue weighted by atomic mass is 10.1. The number of nitriles is 1. The van der Waals surface area contributed by atoms with Gasteiger partial charge in [0.15, 0.2) is 0 Å². The van der Waals surface area contributed by atoms with Gasteiger partial charge in [0.05, 0.1) is 8.95 Å². The molecule has 0 saturated heterocycles. The zero-order valence-electron chi connectivity index (χ0n) is 12.1. The molecule has 4 nitrogen and oxygen atoms in total. The Labute approximate surface area is 150 Å². The van der Waals surface area contributed by atoms with E-state index in [2.05, 4.69) is 37.2 Å². The van der Waals surface area contributed by atoms with Crippen LogP contribution in [-0.2, 0) is 4.79 Å². The molecule has 116 valence electrons. The van der Waals surface area contributed by atoms with Gasteiger partial charge in [-0.1, -0.05) is 17.7 Å². The fourth-order valence-electron chi connectivity index (χ4n) is 1.82. The number of carbonyl (C=O) groups excluding carboxylic acids is 1. The molecule has 6 heteroatoms. The van der Waals surface area contributed by atoms with Crippen LogP contribution >= 0.6 is 31.9 Å². The molecular weight excluding hydrogens is 424 g/mol. The summed E-state index contributed by atoms with van der Waals surface area (Å²) >= 11 is 6.43. The summed E-state index contributed by atoms with van der Waals surface area (Å²) in [5.74, 6) is -0.429. The van der Waals surface area contributed by atoms with Crippen LogP contribution in [0.25, 0.3) is 6.08 Å². The van der Waals surface area contributed by atoms with Crippen molar-refractivity contribution in [1.82, 2.24) is 0 Å². The number of hydrogen-bond donors (Lipinski definition) is 2. The number of hydrogen-bond acceptors (Lipinski definition) is 3. The molecule has 1 amide bonds. The van der Waals surface area contributed by atoms with E-state index in [-0.39, 0.29) is 11.3 Å². The molecule has 0 heterocycles. The molecule has 2 rings (SSSR count). The maximum absolute atomic E-state index is 12.2. The highest BCUT2D eigenvalue weighted by atomic mass is 79.9. The maximum atomic E-state index is 12.2. The lowest BCUT2D eigenvalue weighted by Crippen LogP contribution is -2.13. The van der Waals surface area contributed by atoms with Crippen LogP contribution in [0.2, 0.25) is 0 Å². The lowest BCUT2D eigenvalue weighted by Gasteiger charge is -2.06. The van der Waals surface area contributed by atoms with Crippen LogP contribution in [0, 0.1) is 18.3 Å². The standard InChI is InChI=1S/C17H12Br2N2O2/c1-10-2-4-13(5-3-10)21-17(23)12(9-20)6-11-7-14(18)16(22)15(19)8-11/h2-8,22H,1H3,(H,21,23). The van der Waals surface area contributed by atoms with Gasteiger partial charge in [-0.3, -0.25) is 4.79 Å². The number of rotatable bonds is 3. The summed E-state index contributed by atoms with van der Waals surface area (Å²) in [5, 5.41) is 21.6. The van der Waals surface area contributed by atoms with Crippen LogP contribution in [-0.4, -0.2) is 11.0 Å². The van der Waals surface area contributed by atoms with Crippen molar-refractivity contribution in [2.45, 2.75) is 6.92 Å². The van der Waals surface area contributed by atoms with Gasteiger partial charge in [-0.25, -0.2) is 0 Å². The number of carbonyl (C=O) groups is 1. The molecule has 2 aromatic rings. The molecule has 0 aliphatic rings. The highest BCUT2D eigenvalue weighted by molar-refractivity contribution is 9.11. The topological polar surface area (TPSA) is 73.1 Å². The minimum Gasteiger partial charge on any atom is -0.506 e. The van der Waals surface area contributed by atoms with Crippen LogP contribution in [0.1, 0.15) is 11.1 Å². The van der Waals surface area contributed by atoms with Crippen LogP contribution in [0.15, 0.2) is 50.9 Å². The largest absolute Gasteiger partial charge is 0.506 e. The van der Waals surface area contributed by atoms with Crippen molar-refractivity contribution in [3.05, 3.63) is 62.0 Å². The Kier molecular flexibility index (Phi) is 5.59. The van der Waals surface area contributed by atoms with Crippen LogP contribution in [0.3, 0.4) is 0 Å². The molecule has 0 aliphatic carbocycles. The van der Waals surface area contributed by atoms with E-state index in [1.54, 1.807) is 24.3 Å². The van der Waals surface area contributed by atoms with Crippen LogP contribution in [0.5, 0.6) is 5.75 Å². The summed E-state index contributed by atoms with van der Waals surface area (Å²) in [6, 6.07) is 12.4. The first-order chi connectivity index (χ1) is 10.9. The van der Waals surface area contributed by atoms with Gasteiger partial charge in [0.25, 0.3) is 5.91 Å². The van der Waals surface area contributed by atoms with Gasteiger partial charge < -0.3 is 10.4 Å². The van der Waals surface area contributed by atoms with Gasteiger partial charge in [0.1, 0.15) is 17.4 Å². The Morgan fingerprint density at radius 1 is 1.22 bits per heavy atom. The van der Waals surface area contributed by atoms with E-state index in [4.69, 9.17) is 0 Å². The van der Waals surface area contributed by atoms with Gasteiger partial charge in [-0.2, -0.15) is 5.26 Å². The van der Waals surface area contributed by atoms with Crippen LogP contribution in [0.4, 0.5) is 5.69 Å². The lowest BCUT2D eigenvalue weighted by molar-refractivity contribution is -0.112. The molecule has 0 unspecified atom stereocenters.